The van der Waals surface area contributed by atoms with Crippen LogP contribution in [0.2, 0.25) is 4.34 Å². The first-order chi connectivity index (χ1) is 8.56. The van der Waals surface area contributed by atoms with Crippen molar-refractivity contribution in [3.05, 3.63) is 21.3 Å². The minimum Gasteiger partial charge on any atom is -0.349 e. The largest absolute Gasteiger partial charge is 0.349 e. The Kier molecular flexibility index (Phi) is 6.60. The van der Waals surface area contributed by atoms with Crippen LogP contribution >= 0.6 is 35.3 Å². The molecule has 108 valence electrons. The molecule has 1 saturated carbocycles. The molecule has 1 aromatic heterocycles. The number of rotatable bonds is 4. The maximum absolute atomic E-state index is 11.9. The summed E-state index contributed by atoms with van der Waals surface area (Å²) in [5.74, 6) is 0.443. The first kappa shape index (κ1) is 16.8. The highest BCUT2D eigenvalue weighted by Gasteiger charge is 2.26. The van der Waals surface area contributed by atoms with Crippen molar-refractivity contribution in [2.75, 3.05) is 0 Å². The van der Waals surface area contributed by atoms with Crippen molar-refractivity contribution in [3.8, 4) is 0 Å². The molecular weight excluding hydrogens is 303 g/mol. The molecule has 3 N–H and O–H groups in total. The van der Waals surface area contributed by atoms with E-state index in [1.54, 1.807) is 0 Å². The van der Waals surface area contributed by atoms with Gasteiger partial charge < -0.3 is 11.1 Å². The second kappa shape index (κ2) is 7.48. The van der Waals surface area contributed by atoms with Crippen molar-refractivity contribution in [1.82, 2.24) is 5.32 Å². The van der Waals surface area contributed by atoms with Crippen LogP contribution in [0, 0.1) is 5.92 Å². The Bertz CT molecular complexity index is 425. The van der Waals surface area contributed by atoms with Gasteiger partial charge in [0.2, 0.25) is 5.91 Å². The highest BCUT2D eigenvalue weighted by Crippen LogP contribution is 2.28. The fraction of sp³-hybridized carbons (Fsp3) is 0.615. The Labute approximate surface area is 129 Å². The van der Waals surface area contributed by atoms with E-state index in [-0.39, 0.29) is 30.4 Å². The van der Waals surface area contributed by atoms with Gasteiger partial charge in [-0.25, -0.2) is 0 Å². The van der Waals surface area contributed by atoms with Crippen LogP contribution in [0.3, 0.4) is 0 Å². The molecule has 1 heterocycles. The van der Waals surface area contributed by atoms with Crippen LogP contribution in [0.25, 0.3) is 0 Å². The number of carbonyl (C=O) groups is 1. The van der Waals surface area contributed by atoms with Crippen LogP contribution in [0.4, 0.5) is 0 Å². The standard InChI is InChI=1S/C13H19ClN2OS.ClH/c1-8(11-5-6-12(14)18-11)16-13(17)7-9-3-2-4-10(9)15;/h5-6,8-10H,2-4,7,15H2,1H3,(H,16,17);1H/t8?,9-,10+;/m0./s1. The third kappa shape index (κ3) is 4.63. The molecule has 0 radical (unpaired) electrons. The molecule has 3 nitrogen and oxygen atoms in total. The third-order valence-electron chi connectivity index (χ3n) is 3.56. The minimum atomic E-state index is 0. The zero-order valence-electron chi connectivity index (χ0n) is 10.9. The number of halogens is 2. The monoisotopic (exact) mass is 322 g/mol. The Morgan fingerprint density at radius 1 is 1.58 bits per heavy atom. The lowest BCUT2D eigenvalue weighted by atomic mass is 10.00. The topological polar surface area (TPSA) is 55.1 Å². The van der Waals surface area contributed by atoms with Crippen molar-refractivity contribution < 1.29 is 4.79 Å². The number of nitrogens with two attached hydrogens (primary N) is 1. The predicted octanol–water partition coefficient (Wildman–Crippen LogP) is 3.52. The second-order valence-corrected chi connectivity index (χ2v) is 6.74. The van der Waals surface area contributed by atoms with E-state index in [1.807, 2.05) is 19.1 Å². The molecule has 0 aliphatic heterocycles. The van der Waals surface area contributed by atoms with E-state index in [4.69, 9.17) is 17.3 Å². The lowest BCUT2D eigenvalue weighted by molar-refractivity contribution is -0.122. The Morgan fingerprint density at radius 3 is 2.84 bits per heavy atom. The summed E-state index contributed by atoms with van der Waals surface area (Å²) in [5, 5.41) is 3.01. The van der Waals surface area contributed by atoms with E-state index in [0.29, 0.717) is 12.3 Å². The molecule has 0 spiro atoms. The zero-order valence-corrected chi connectivity index (χ0v) is 13.3. The molecule has 1 aromatic rings. The Morgan fingerprint density at radius 2 is 2.32 bits per heavy atom. The average Bonchev–Trinajstić information content (AvgIpc) is 2.89. The molecule has 19 heavy (non-hydrogen) atoms. The van der Waals surface area contributed by atoms with Crippen LogP contribution in [-0.2, 0) is 4.79 Å². The zero-order chi connectivity index (χ0) is 13.1. The fourth-order valence-electron chi connectivity index (χ4n) is 2.49. The van der Waals surface area contributed by atoms with E-state index in [2.05, 4.69) is 5.32 Å². The van der Waals surface area contributed by atoms with Gasteiger partial charge in [0.15, 0.2) is 0 Å². The smallest absolute Gasteiger partial charge is 0.220 e. The SMILES string of the molecule is CC(NC(=O)C[C@@H]1CCC[C@H]1N)c1ccc(Cl)s1.Cl. The molecular formula is C13H20Cl2N2OS. The van der Waals surface area contributed by atoms with E-state index >= 15 is 0 Å². The average molecular weight is 323 g/mol. The van der Waals surface area contributed by atoms with Crippen molar-refractivity contribution in [2.45, 2.75) is 44.7 Å². The number of nitrogens with one attached hydrogen (secondary N) is 1. The van der Waals surface area contributed by atoms with Gasteiger partial charge in [0.1, 0.15) is 0 Å². The molecule has 1 aliphatic rings. The van der Waals surface area contributed by atoms with Gasteiger partial charge >= 0.3 is 0 Å². The molecule has 2 rings (SSSR count). The first-order valence-electron chi connectivity index (χ1n) is 6.36. The fourth-order valence-corrected chi connectivity index (χ4v) is 3.55. The van der Waals surface area contributed by atoms with Gasteiger partial charge in [0, 0.05) is 17.3 Å². The number of amides is 1. The predicted molar refractivity (Wildman–Crippen MR) is 83.1 cm³/mol. The number of carbonyl (C=O) groups excluding carboxylic acids is 1. The molecule has 0 bridgehead atoms. The van der Waals surface area contributed by atoms with Crippen LogP contribution < -0.4 is 11.1 Å². The Hall–Kier alpha value is -0.290. The molecule has 1 unspecified atom stereocenters. The van der Waals surface area contributed by atoms with Gasteiger partial charge in [0.25, 0.3) is 0 Å². The number of thiophene rings is 1. The highest BCUT2D eigenvalue weighted by molar-refractivity contribution is 7.16. The lowest BCUT2D eigenvalue weighted by Gasteiger charge is -2.17. The van der Waals surface area contributed by atoms with Crippen molar-refractivity contribution in [1.29, 1.82) is 0 Å². The summed E-state index contributed by atoms with van der Waals surface area (Å²) < 4.78 is 0.754. The first-order valence-corrected chi connectivity index (χ1v) is 7.56. The molecule has 1 aliphatic carbocycles. The Balaban J connectivity index is 0.00000180. The number of hydrogen-bond donors (Lipinski definition) is 2. The van der Waals surface area contributed by atoms with Gasteiger partial charge in [-0.05, 0) is 37.8 Å². The van der Waals surface area contributed by atoms with E-state index in [0.717, 1.165) is 28.5 Å². The van der Waals surface area contributed by atoms with Gasteiger partial charge in [-0.3, -0.25) is 4.79 Å². The maximum Gasteiger partial charge on any atom is 0.220 e. The van der Waals surface area contributed by atoms with Crippen molar-refractivity contribution in [2.24, 2.45) is 11.7 Å². The van der Waals surface area contributed by atoms with Crippen LogP contribution in [0.5, 0.6) is 0 Å². The van der Waals surface area contributed by atoms with Gasteiger partial charge in [0.05, 0.1) is 10.4 Å². The van der Waals surface area contributed by atoms with Crippen LogP contribution in [-0.4, -0.2) is 11.9 Å². The molecule has 1 fully saturated rings. The molecule has 3 atom stereocenters. The molecule has 0 saturated heterocycles. The van der Waals surface area contributed by atoms with E-state index in [1.165, 1.54) is 11.3 Å². The second-order valence-electron chi connectivity index (χ2n) is 4.99. The number of hydrogen-bond acceptors (Lipinski definition) is 3. The molecule has 1 amide bonds. The summed E-state index contributed by atoms with van der Waals surface area (Å²) in [6, 6.07) is 4.03. The summed E-state index contributed by atoms with van der Waals surface area (Å²) >= 11 is 7.39. The summed E-state index contributed by atoms with van der Waals surface area (Å²) in [7, 11) is 0. The van der Waals surface area contributed by atoms with Crippen molar-refractivity contribution in [3.63, 3.8) is 0 Å². The van der Waals surface area contributed by atoms with Crippen LogP contribution in [0.15, 0.2) is 12.1 Å². The van der Waals surface area contributed by atoms with Gasteiger partial charge in [-0.2, -0.15) is 0 Å². The van der Waals surface area contributed by atoms with Crippen molar-refractivity contribution >= 4 is 41.3 Å². The quantitative estimate of drug-likeness (QED) is 0.891. The van der Waals surface area contributed by atoms with Gasteiger partial charge in [-0.15, -0.1) is 23.7 Å². The van der Waals surface area contributed by atoms with E-state index < -0.39 is 0 Å². The normalized spacial score (nSPS) is 23.7. The van der Waals surface area contributed by atoms with E-state index in [9.17, 15) is 4.79 Å². The van der Waals surface area contributed by atoms with Crippen LogP contribution in [0.1, 0.15) is 43.5 Å². The summed E-state index contributed by atoms with van der Waals surface area (Å²) in [4.78, 5) is 13.0. The summed E-state index contributed by atoms with van der Waals surface area (Å²) in [6.07, 6.45) is 3.82. The summed E-state index contributed by atoms with van der Waals surface area (Å²) in [5.41, 5.74) is 5.98. The molecule has 6 heteroatoms. The summed E-state index contributed by atoms with van der Waals surface area (Å²) in [6.45, 7) is 1.98. The third-order valence-corrected chi connectivity index (χ3v) is 4.98. The maximum atomic E-state index is 11.9. The molecule has 0 aromatic carbocycles. The van der Waals surface area contributed by atoms with Gasteiger partial charge in [-0.1, -0.05) is 18.0 Å². The lowest BCUT2D eigenvalue weighted by Crippen LogP contribution is -2.32. The minimum absolute atomic E-state index is 0. The highest BCUT2D eigenvalue weighted by atomic mass is 35.5.